The molecule has 0 aliphatic heterocycles. The van der Waals surface area contributed by atoms with Gasteiger partial charge in [-0.2, -0.15) is 13.2 Å². The molecule has 0 bridgehead atoms. The summed E-state index contributed by atoms with van der Waals surface area (Å²) in [5.41, 5.74) is 1.53. The average Bonchev–Trinajstić information content (AvgIpc) is 2.74. The molecule has 0 fully saturated rings. The molecular formula is C22H27F3N2O6S. The Bertz CT molecular complexity index is 1100. The maximum atomic E-state index is 12.7. The number of aromatic carboxylic acids is 1. The fourth-order valence-electron chi connectivity index (χ4n) is 2.91. The van der Waals surface area contributed by atoms with Crippen molar-refractivity contribution in [3.05, 3.63) is 53.6 Å². The molecule has 0 radical (unpaired) electrons. The standard InChI is InChI=1S/C20H26N2O4S.C2HF3O2/c1-4-6-13-22(5-2)18-12-11-16(14-17(18)20(23)24)21-27(25,26)19-10-8-7-9-15(19)3;3-2(4,5)1(6)7/h7-12,14,21H,4-6,13H2,1-3H3,(H,23,24);(H,6,7). The number of carboxylic acids is 2. The number of alkyl halides is 3. The number of benzene rings is 2. The Kier molecular flexibility index (Phi) is 10.4. The molecule has 0 saturated heterocycles. The molecular weight excluding hydrogens is 477 g/mol. The van der Waals surface area contributed by atoms with E-state index in [4.69, 9.17) is 9.90 Å². The lowest BCUT2D eigenvalue weighted by Crippen LogP contribution is -2.26. The number of hydrogen-bond acceptors (Lipinski definition) is 5. The molecule has 34 heavy (non-hydrogen) atoms. The van der Waals surface area contributed by atoms with Gasteiger partial charge in [0.15, 0.2) is 0 Å². The van der Waals surface area contributed by atoms with Gasteiger partial charge < -0.3 is 15.1 Å². The first kappa shape index (κ1) is 28.8. The molecule has 188 valence electrons. The number of aliphatic carboxylic acids is 1. The Morgan fingerprint density at radius 3 is 2.12 bits per heavy atom. The lowest BCUT2D eigenvalue weighted by molar-refractivity contribution is -0.192. The first-order valence-corrected chi connectivity index (χ1v) is 11.7. The van der Waals surface area contributed by atoms with Gasteiger partial charge in [0.05, 0.1) is 16.1 Å². The van der Waals surface area contributed by atoms with Crippen LogP contribution in [-0.2, 0) is 14.8 Å². The van der Waals surface area contributed by atoms with Crippen molar-refractivity contribution in [3.8, 4) is 0 Å². The minimum atomic E-state index is -5.08. The second-order valence-corrected chi connectivity index (χ2v) is 8.80. The van der Waals surface area contributed by atoms with Gasteiger partial charge in [0.1, 0.15) is 0 Å². The second kappa shape index (κ2) is 12.3. The molecule has 0 amide bonds. The SMILES string of the molecule is CCCCN(CC)c1ccc(NS(=O)(=O)c2ccccc2C)cc1C(=O)O.O=C(O)C(F)(F)F. The summed E-state index contributed by atoms with van der Waals surface area (Å²) in [7, 11) is -3.80. The van der Waals surface area contributed by atoms with E-state index in [1.165, 1.54) is 12.1 Å². The van der Waals surface area contributed by atoms with Crippen molar-refractivity contribution in [1.82, 2.24) is 0 Å². The highest BCUT2D eigenvalue weighted by atomic mass is 32.2. The molecule has 8 nitrogen and oxygen atoms in total. The number of hydrogen-bond donors (Lipinski definition) is 3. The Morgan fingerprint density at radius 2 is 1.65 bits per heavy atom. The zero-order valence-electron chi connectivity index (χ0n) is 18.9. The van der Waals surface area contributed by atoms with E-state index in [0.29, 0.717) is 17.8 Å². The molecule has 0 saturated carbocycles. The normalized spacial score (nSPS) is 11.2. The zero-order valence-corrected chi connectivity index (χ0v) is 19.7. The van der Waals surface area contributed by atoms with Crippen LogP contribution >= 0.6 is 0 Å². The number of sulfonamides is 1. The molecule has 0 heterocycles. The average molecular weight is 505 g/mol. The highest BCUT2D eigenvalue weighted by molar-refractivity contribution is 7.92. The maximum Gasteiger partial charge on any atom is 0.490 e. The van der Waals surface area contributed by atoms with Crippen LogP contribution in [0.5, 0.6) is 0 Å². The highest BCUT2D eigenvalue weighted by Gasteiger charge is 2.38. The van der Waals surface area contributed by atoms with Gasteiger partial charge in [-0.3, -0.25) is 4.72 Å². The Balaban J connectivity index is 0.000000718. The fraction of sp³-hybridized carbons (Fsp3) is 0.364. The van der Waals surface area contributed by atoms with Crippen molar-refractivity contribution >= 4 is 33.3 Å². The van der Waals surface area contributed by atoms with Crippen LogP contribution in [0.3, 0.4) is 0 Å². The van der Waals surface area contributed by atoms with E-state index >= 15 is 0 Å². The monoisotopic (exact) mass is 504 g/mol. The van der Waals surface area contributed by atoms with E-state index in [0.717, 1.165) is 19.4 Å². The van der Waals surface area contributed by atoms with Crippen LogP contribution in [0.25, 0.3) is 0 Å². The highest BCUT2D eigenvalue weighted by Crippen LogP contribution is 2.27. The molecule has 12 heteroatoms. The van der Waals surface area contributed by atoms with E-state index in [-0.39, 0.29) is 16.1 Å². The molecule has 2 aromatic rings. The van der Waals surface area contributed by atoms with E-state index in [9.17, 15) is 31.5 Å². The third-order valence-corrected chi connectivity index (χ3v) is 6.15. The van der Waals surface area contributed by atoms with E-state index in [1.807, 2.05) is 11.8 Å². The van der Waals surface area contributed by atoms with E-state index in [1.54, 1.807) is 37.3 Å². The number of aryl methyl sites for hydroxylation is 1. The topological polar surface area (TPSA) is 124 Å². The summed E-state index contributed by atoms with van der Waals surface area (Å²) in [5.74, 6) is -3.84. The number of halogens is 3. The van der Waals surface area contributed by atoms with Gasteiger partial charge in [0, 0.05) is 18.8 Å². The number of anilines is 2. The third kappa shape index (κ3) is 8.25. The van der Waals surface area contributed by atoms with Gasteiger partial charge in [-0.15, -0.1) is 0 Å². The lowest BCUT2D eigenvalue weighted by atomic mass is 10.1. The van der Waals surface area contributed by atoms with Crippen LogP contribution in [0.15, 0.2) is 47.4 Å². The minimum absolute atomic E-state index is 0.0814. The van der Waals surface area contributed by atoms with Crippen LogP contribution in [-0.4, -0.2) is 49.8 Å². The largest absolute Gasteiger partial charge is 0.490 e. The van der Waals surface area contributed by atoms with Crippen molar-refractivity contribution < 1.29 is 41.4 Å². The predicted molar refractivity (Wildman–Crippen MR) is 122 cm³/mol. The summed E-state index contributed by atoms with van der Waals surface area (Å²) in [5, 5.41) is 16.7. The minimum Gasteiger partial charge on any atom is -0.478 e. The van der Waals surface area contributed by atoms with Crippen LogP contribution in [0, 0.1) is 6.92 Å². The smallest absolute Gasteiger partial charge is 0.478 e. The van der Waals surface area contributed by atoms with Gasteiger partial charge in [-0.1, -0.05) is 31.5 Å². The Morgan fingerprint density at radius 1 is 1.06 bits per heavy atom. The molecule has 0 aromatic heterocycles. The van der Waals surface area contributed by atoms with Crippen molar-refractivity contribution in [3.63, 3.8) is 0 Å². The molecule has 2 rings (SSSR count). The number of carbonyl (C=O) groups is 2. The van der Waals surface area contributed by atoms with Gasteiger partial charge >= 0.3 is 18.1 Å². The number of rotatable bonds is 9. The van der Waals surface area contributed by atoms with E-state index < -0.39 is 28.1 Å². The maximum absolute atomic E-state index is 12.7. The van der Waals surface area contributed by atoms with Crippen LogP contribution in [0.4, 0.5) is 24.5 Å². The first-order chi connectivity index (χ1) is 15.7. The quantitative estimate of drug-likeness (QED) is 0.450. The summed E-state index contributed by atoms with van der Waals surface area (Å²) < 4.78 is 59.5. The van der Waals surface area contributed by atoms with Gasteiger partial charge in [-0.25, -0.2) is 18.0 Å². The zero-order chi connectivity index (χ0) is 26.1. The van der Waals surface area contributed by atoms with Crippen molar-refractivity contribution in [2.75, 3.05) is 22.7 Å². The van der Waals surface area contributed by atoms with Gasteiger partial charge in [-0.05, 0) is 50.1 Å². The van der Waals surface area contributed by atoms with Crippen molar-refractivity contribution in [2.45, 2.75) is 44.7 Å². The summed E-state index contributed by atoms with van der Waals surface area (Å²) >= 11 is 0. The van der Waals surface area contributed by atoms with Crippen LogP contribution in [0.2, 0.25) is 0 Å². The summed E-state index contributed by atoms with van der Waals surface area (Å²) in [6.45, 7) is 7.19. The molecule has 2 aromatic carbocycles. The van der Waals surface area contributed by atoms with Gasteiger partial charge in [0.2, 0.25) is 0 Å². The molecule has 3 N–H and O–H groups in total. The van der Waals surface area contributed by atoms with Crippen molar-refractivity contribution in [2.24, 2.45) is 0 Å². The number of nitrogens with one attached hydrogen (secondary N) is 1. The summed E-state index contributed by atoms with van der Waals surface area (Å²) in [6.07, 6.45) is -3.12. The lowest BCUT2D eigenvalue weighted by Gasteiger charge is -2.25. The van der Waals surface area contributed by atoms with Gasteiger partial charge in [0.25, 0.3) is 10.0 Å². The molecule has 0 spiro atoms. The number of carboxylic acid groups (broad SMARTS) is 2. The Labute approximate surface area is 196 Å². The number of unbranched alkanes of at least 4 members (excludes halogenated alkanes) is 1. The second-order valence-electron chi connectivity index (χ2n) is 7.14. The van der Waals surface area contributed by atoms with Crippen LogP contribution in [0.1, 0.15) is 42.6 Å². The molecule has 0 unspecified atom stereocenters. The van der Waals surface area contributed by atoms with Crippen molar-refractivity contribution in [1.29, 1.82) is 0 Å². The Hall–Kier alpha value is -3.28. The predicted octanol–water partition coefficient (Wildman–Crippen LogP) is 4.75. The fourth-order valence-corrected chi connectivity index (χ4v) is 4.21. The summed E-state index contributed by atoms with van der Waals surface area (Å²) in [4.78, 5) is 22.8. The first-order valence-electron chi connectivity index (χ1n) is 10.2. The number of nitrogens with zero attached hydrogens (tertiary/aromatic N) is 1. The van der Waals surface area contributed by atoms with E-state index in [2.05, 4.69) is 11.6 Å². The molecule has 0 aliphatic carbocycles. The third-order valence-electron chi connectivity index (χ3n) is 4.61. The summed E-state index contributed by atoms with van der Waals surface area (Å²) in [6, 6.07) is 11.3. The van der Waals surface area contributed by atoms with Crippen LogP contribution < -0.4 is 9.62 Å². The molecule has 0 atom stereocenters. The molecule has 0 aliphatic rings.